The average Bonchev–Trinajstić information content (AvgIpc) is 2.96. The molecule has 0 bridgehead atoms. The Balaban J connectivity index is 1.98. The van der Waals surface area contributed by atoms with Gasteiger partial charge in [0, 0.05) is 15.4 Å². The van der Waals surface area contributed by atoms with Gasteiger partial charge in [0.25, 0.3) is 11.4 Å². The van der Waals surface area contributed by atoms with Crippen LogP contribution in [0.3, 0.4) is 0 Å². The summed E-state index contributed by atoms with van der Waals surface area (Å²) in [6.45, 7) is 0. The molecule has 3 aromatic rings. The first-order valence-corrected chi connectivity index (χ1v) is 7.84. The number of aromatic amines is 1. The molecule has 0 atom stereocenters. The molecule has 0 spiro atoms. The van der Waals surface area contributed by atoms with Crippen molar-refractivity contribution in [1.82, 2.24) is 10.4 Å². The predicted molar refractivity (Wildman–Crippen MR) is 83.6 cm³/mol. The van der Waals surface area contributed by atoms with Gasteiger partial charge in [0.15, 0.2) is 0 Å². The molecule has 0 aliphatic heterocycles. The fraction of sp³-hybridized carbons (Fsp3) is 0. The van der Waals surface area contributed by atoms with Crippen LogP contribution in [0, 0.1) is 10.1 Å². The van der Waals surface area contributed by atoms with Crippen LogP contribution in [0.15, 0.2) is 66.0 Å². The molecule has 0 aliphatic carbocycles. The minimum absolute atomic E-state index is 0.0910. The Bertz CT molecular complexity index is 922. The van der Waals surface area contributed by atoms with Crippen LogP contribution in [0.2, 0.25) is 0 Å². The van der Waals surface area contributed by atoms with Gasteiger partial charge in [-0.2, -0.15) is 0 Å². The van der Waals surface area contributed by atoms with Crippen molar-refractivity contribution in [3.63, 3.8) is 0 Å². The van der Waals surface area contributed by atoms with Crippen molar-refractivity contribution in [2.75, 3.05) is 0 Å². The van der Waals surface area contributed by atoms with E-state index in [2.05, 4.69) is 30.8 Å². The smallest absolute Gasteiger partial charge is 0.258 e. The molecule has 1 aromatic heterocycles. The van der Waals surface area contributed by atoms with Crippen molar-refractivity contribution < 1.29 is 14.2 Å². The molecule has 8 nitrogen and oxygen atoms in total. The van der Waals surface area contributed by atoms with E-state index >= 15 is 0 Å². The number of nitro groups is 1. The summed E-state index contributed by atoms with van der Waals surface area (Å²) >= 11 is 4.61. The van der Waals surface area contributed by atoms with Crippen LogP contribution >= 0.6 is 27.7 Å². The van der Waals surface area contributed by atoms with E-state index in [4.69, 9.17) is 0 Å². The van der Waals surface area contributed by atoms with Crippen LogP contribution in [0.5, 0.6) is 0 Å². The maximum absolute atomic E-state index is 11.3. The maximum Gasteiger partial charge on any atom is 0.493 e. The third-order valence-corrected chi connectivity index (χ3v) is 4.43. The summed E-state index contributed by atoms with van der Waals surface area (Å²) < 4.78 is 5.31. The molecule has 0 saturated carbocycles. The molecular formula is C13H8BrN4O4S+. The first-order valence-electron chi connectivity index (χ1n) is 6.23. The van der Waals surface area contributed by atoms with Gasteiger partial charge in [-0.05, 0) is 30.3 Å². The van der Waals surface area contributed by atoms with Gasteiger partial charge in [0.05, 0.1) is 20.7 Å². The lowest BCUT2D eigenvalue weighted by molar-refractivity contribution is -0.725. The minimum Gasteiger partial charge on any atom is -0.258 e. The zero-order chi connectivity index (χ0) is 16.4. The molecule has 3 rings (SSSR count). The lowest BCUT2D eigenvalue weighted by Gasteiger charge is -2.03. The van der Waals surface area contributed by atoms with Crippen LogP contribution < -0.4 is 10.6 Å². The number of halogens is 1. The highest BCUT2D eigenvalue weighted by molar-refractivity contribution is 9.10. The van der Waals surface area contributed by atoms with Gasteiger partial charge in [-0.25, -0.2) is 9.32 Å². The van der Waals surface area contributed by atoms with Crippen LogP contribution in [-0.2, 0) is 0 Å². The summed E-state index contributed by atoms with van der Waals surface area (Å²) in [6, 6.07) is 12.0. The van der Waals surface area contributed by atoms with Gasteiger partial charge >= 0.3 is 5.76 Å². The van der Waals surface area contributed by atoms with Gasteiger partial charge in [-0.15, -0.1) is 0 Å². The molecule has 0 saturated heterocycles. The second kappa shape index (κ2) is 6.34. The van der Waals surface area contributed by atoms with Crippen molar-refractivity contribution in [1.29, 1.82) is 0 Å². The normalized spacial score (nSPS) is 10.7. The lowest BCUT2D eigenvalue weighted by Crippen LogP contribution is -2.37. The number of hydrogen-bond acceptors (Lipinski definition) is 6. The van der Waals surface area contributed by atoms with Crippen molar-refractivity contribution in [2.45, 2.75) is 9.79 Å². The molecule has 0 aliphatic rings. The highest BCUT2D eigenvalue weighted by Gasteiger charge is 2.22. The molecule has 1 heterocycles. The number of hydrogen-bond donors (Lipinski definition) is 1. The second-order valence-corrected chi connectivity index (χ2v) is 6.38. The third-order valence-electron chi connectivity index (χ3n) is 2.83. The summed E-state index contributed by atoms with van der Waals surface area (Å²) in [5, 5.41) is 17.0. The molecule has 23 heavy (non-hydrogen) atoms. The molecule has 2 aromatic carbocycles. The van der Waals surface area contributed by atoms with Crippen LogP contribution in [0.25, 0.3) is 5.69 Å². The summed E-state index contributed by atoms with van der Waals surface area (Å²) in [6.07, 6.45) is 0. The highest BCUT2D eigenvalue weighted by atomic mass is 79.9. The number of nitrogens with zero attached hydrogens (tertiary/aromatic N) is 3. The molecule has 0 unspecified atom stereocenters. The Hall–Kier alpha value is -2.46. The molecule has 10 heteroatoms. The van der Waals surface area contributed by atoms with Gasteiger partial charge in [0.2, 0.25) is 5.27 Å². The van der Waals surface area contributed by atoms with Crippen LogP contribution in [0.4, 0.5) is 5.69 Å². The van der Waals surface area contributed by atoms with Gasteiger partial charge in [-0.1, -0.05) is 32.8 Å². The van der Waals surface area contributed by atoms with E-state index in [1.54, 1.807) is 12.1 Å². The topological polar surface area (TPSA) is 106 Å². The summed E-state index contributed by atoms with van der Waals surface area (Å²) in [5.41, 5.74) is 0.231. The van der Waals surface area contributed by atoms with Crippen molar-refractivity contribution in [3.8, 4) is 5.69 Å². The van der Waals surface area contributed by atoms with Crippen LogP contribution in [0.1, 0.15) is 0 Å². The Morgan fingerprint density at radius 2 is 2.00 bits per heavy atom. The van der Waals surface area contributed by atoms with Crippen molar-refractivity contribution in [2.24, 2.45) is 0 Å². The van der Waals surface area contributed by atoms with E-state index in [9.17, 15) is 14.9 Å². The van der Waals surface area contributed by atoms with Crippen LogP contribution in [-0.4, -0.2) is 15.3 Å². The number of nitro benzene ring substituents is 1. The van der Waals surface area contributed by atoms with E-state index in [-0.39, 0.29) is 5.69 Å². The maximum atomic E-state index is 11.3. The quantitative estimate of drug-likeness (QED) is 0.413. The van der Waals surface area contributed by atoms with Gasteiger partial charge < -0.3 is 0 Å². The number of H-pyrrole nitrogens is 1. The fourth-order valence-electron chi connectivity index (χ4n) is 1.81. The Morgan fingerprint density at radius 3 is 2.61 bits per heavy atom. The second-order valence-electron chi connectivity index (χ2n) is 4.35. The molecule has 0 fully saturated rings. The van der Waals surface area contributed by atoms with Crippen molar-refractivity contribution in [3.05, 3.63) is 67.6 Å². The average molecular weight is 396 g/mol. The summed E-state index contributed by atoms with van der Waals surface area (Å²) in [5.74, 6) is -0.749. The zero-order valence-corrected chi connectivity index (χ0v) is 13.7. The van der Waals surface area contributed by atoms with E-state index in [0.29, 0.717) is 10.6 Å². The van der Waals surface area contributed by atoms with E-state index < -0.39 is 10.7 Å². The minimum atomic E-state index is -0.749. The SMILES string of the molecule is O=c1[nH][n+](-c2ccc(Sc3ccc(Br)cc3)c([N+](=O)[O-])c2)no1. The largest absolute Gasteiger partial charge is 0.493 e. The number of rotatable bonds is 4. The van der Waals surface area contributed by atoms with Gasteiger partial charge in [0.1, 0.15) is 0 Å². The number of benzene rings is 2. The van der Waals surface area contributed by atoms with Crippen molar-refractivity contribution >= 4 is 33.4 Å². The predicted octanol–water partition coefficient (Wildman–Crippen LogP) is 2.46. The number of aromatic nitrogens is 3. The van der Waals surface area contributed by atoms with E-state index in [1.165, 1.54) is 17.8 Å². The molecule has 0 radical (unpaired) electrons. The molecule has 1 N–H and O–H groups in total. The first-order chi connectivity index (χ1) is 11.0. The van der Waals surface area contributed by atoms with E-state index in [1.807, 2.05) is 24.3 Å². The molecular weight excluding hydrogens is 388 g/mol. The number of nitrogens with one attached hydrogen (secondary N) is 1. The Morgan fingerprint density at radius 1 is 1.26 bits per heavy atom. The Labute approximate surface area is 141 Å². The lowest BCUT2D eigenvalue weighted by atomic mass is 10.3. The zero-order valence-electron chi connectivity index (χ0n) is 11.3. The monoisotopic (exact) mass is 395 g/mol. The first kappa shape index (κ1) is 15.4. The third kappa shape index (κ3) is 3.48. The van der Waals surface area contributed by atoms with E-state index in [0.717, 1.165) is 14.2 Å². The van der Waals surface area contributed by atoms with Gasteiger partial charge in [-0.3, -0.25) is 10.1 Å². The molecule has 0 amide bonds. The standard InChI is InChI=1S/C13H7BrN4O4S/c14-8-1-4-10(5-2-8)23-12-6-3-9(7-11(12)18(20)21)17-15-13(19)22-16-17/h1-7H/p+1. The molecule has 116 valence electrons. The highest BCUT2D eigenvalue weighted by Crippen LogP contribution is 2.35. The Kier molecular flexibility index (Phi) is 4.26. The summed E-state index contributed by atoms with van der Waals surface area (Å²) in [7, 11) is 0. The fourth-order valence-corrected chi connectivity index (χ4v) is 2.98. The summed E-state index contributed by atoms with van der Waals surface area (Å²) in [4.78, 5) is 24.2.